The molecule has 3 nitrogen and oxygen atoms in total. The largest absolute Gasteiger partial charge is 0.481 e. The summed E-state index contributed by atoms with van der Waals surface area (Å²) in [6.45, 7) is 0. The molecule has 0 aromatic carbocycles. The number of carbonyl (C=O) groups is 1. The lowest BCUT2D eigenvalue weighted by atomic mass is 10.3. The summed E-state index contributed by atoms with van der Waals surface area (Å²) in [4.78, 5) is 14.0. The average Bonchev–Trinajstić information content (AvgIpc) is 1.85. The first-order chi connectivity index (χ1) is 5.18. The molecule has 66 valence electrons. The van der Waals surface area contributed by atoms with Crippen LogP contribution in [0.25, 0.3) is 0 Å². The standard InChI is InChI=1S/C7H6ClNO2.ClH/c8-6-3-1-2-5(9-6)4-7(10)11;/h1-3H,4H2,(H,10,11);1H. The molecule has 0 aliphatic rings. The Hall–Kier alpha value is -0.800. The van der Waals surface area contributed by atoms with Crippen molar-refractivity contribution < 1.29 is 9.90 Å². The van der Waals surface area contributed by atoms with Crippen LogP contribution in [0.4, 0.5) is 0 Å². The Balaban J connectivity index is 0.00000121. The van der Waals surface area contributed by atoms with Crippen molar-refractivity contribution in [3.63, 3.8) is 0 Å². The molecule has 12 heavy (non-hydrogen) atoms. The molecule has 0 amide bonds. The number of carboxylic acid groups (broad SMARTS) is 1. The zero-order chi connectivity index (χ0) is 8.27. The van der Waals surface area contributed by atoms with E-state index in [-0.39, 0.29) is 18.8 Å². The van der Waals surface area contributed by atoms with E-state index in [4.69, 9.17) is 16.7 Å². The monoisotopic (exact) mass is 207 g/mol. The van der Waals surface area contributed by atoms with Crippen molar-refractivity contribution >= 4 is 30.0 Å². The van der Waals surface area contributed by atoms with Crippen LogP contribution in [0.1, 0.15) is 5.69 Å². The first-order valence-electron chi connectivity index (χ1n) is 3.02. The van der Waals surface area contributed by atoms with Gasteiger partial charge in [0.05, 0.1) is 12.1 Å². The van der Waals surface area contributed by atoms with Gasteiger partial charge in [-0.3, -0.25) is 4.79 Å². The minimum Gasteiger partial charge on any atom is -0.481 e. The summed E-state index contributed by atoms with van der Waals surface area (Å²) in [5, 5.41) is 8.70. The number of aromatic nitrogens is 1. The molecular weight excluding hydrogens is 201 g/mol. The van der Waals surface area contributed by atoms with Crippen molar-refractivity contribution in [3.8, 4) is 0 Å². The third kappa shape index (κ3) is 3.55. The Kier molecular flexibility index (Phi) is 4.62. The highest BCUT2D eigenvalue weighted by Gasteiger charge is 2.00. The van der Waals surface area contributed by atoms with Crippen molar-refractivity contribution in [3.05, 3.63) is 29.0 Å². The summed E-state index contributed by atoms with van der Waals surface area (Å²) in [7, 11) is 0. The molecule has 0 spiro atoms. The van der Waals surface area contributed by atoms with Crippen LogP contribution in [0.15, 0.2) is 18.2 Å². The second-order valence-corrected chi connectivity index (χ2v) is 2.41. The second-order valence-electron chi connectivity index (χ2n) is 2.02. The fourth-order valence-corrected chi connectivity index (χ4v) is 0.885. The summed E-state index contributed by atoms with van der Waals surface area (Å²) < 4.78 is 0. The molecule has 0 aliphatic carbocycles. The Morgan fingerprint density at radius 3 is 2.75 bits per heavy atom. The summed E-state index contributed by atoms with van der Waals surface area (Å²) in [5.74, 6) is -0.903. The smallest absolute Gasteiger partial charge is 0.309 e. The number of pyridine rings is 1. The Bertz CT molecular complexity index is 278. The molecule has 0 fully saturated rings. The normalized spacial score (nSPS) is 8.75. The number of carboxylic acids is 1. The average molecular weight is 208 g/mol. The van der Waals surface area contributed by atoms with Crippen LogP contribution in [0.2, 0.25) is 5.15 Å². The number of hydrogen-bond acceptors (Lipinski definition) is 2. The van der Waals surface area contributed by atoms with Gasteiger partial charge in [0.15, 0.2) is 0 Å². The molecule has 0 bridgehead atoms. The van der Waals surface area contributed by atoms with Gasteiger partial charge in [-0.1, -0.05) is 17.7 Å². The van der Waals surface area contributed by atoms with Crippen molar-refractivity contribution in [2.45, 2.75) is 6.42 Å². The minimum atomic E-state index is -0.903. The first kappa shape index (κ1) is 11.2. The predicted molar refractivity (Wildman–Crippen MR) is 47.8 cm³/mol. The first-order valence-corrected chi connectivity index (χ1v) is 3.39. The fourth-order valence-electron chi connectivity index (χ4n) is 0.704. The lowest BCUT2D eigenvalue weighted by Gasteiger charge is -1.94. The SMILES string of the molecule is Cl.O=C(O)Cc1cccc(Cl)n1. The number of aliphatic carboxylic acids is 1. The molecule has 1 rings (SSSR count). The van der Waals surface area contributed by atoms with Gasteiger partial charge in [0, 0.05) is 0 Å². The summed E-state index contributed by atoms with van der Waals surface area (Å²) in [6, 6.07) is 4.90. The zero-order valence-electron chi connectivity index (χ0n) is 6.03. The highest BCUT2D eigenvalue weighted by molar-refractivity contribution is 6.29. The summed E-state index contributed by atoms with van der Waals surface area (Å²) in [5.41, 5.74) is 0.477. The maximum Gasteiger partial charge on any atom is 0.309 e. The van der Waals surface area contributed by atoms with Crippen LogP contribution in [-0.4, -0.2) is 16.1 Å². The molecular formula is C7H7Cl2NO2. The van der Waals surface area contributed by atoms with E-state index in [1.54, 1.807) is 18.2 Å². The number of nitrogens with zero attached hydrogens (tertiary/aromatic N) is 1. The Morgan fingerprint density at radius 1 is 1.58 bits per heavy atom. The quantitative estimate of drug-likeness (QED) is 0.753. The van der Waals surface area contributed by atoms with Gasteiger partial charge in [0.25, 0.3) is 0 Å². The van der Waals surface area contributed by atoms with Crippen LogP contribution in [-0.2, 0) is 11.2 Å². The maximum absolute atomic E-state index is 10.2. The van der Waals surface area contributed by atoms with E-state index in [2.05, 4.69) is 4.98 Å². The van der Waals surface area contributed by atoms with E-state index < -0.39 is 5.97 Å². The third-order valence-corrected chi connectivity index (χ3v) is 1.32. The Labute approximate surface area is 80.8 Å². The van der Waals surface area contributed by atoms with Gasteiger partial charge in [-0.2, -0.15) is 0 Å². The van der Waals surface area contributed by atoms with Crippen LogP contribution in [0.3, 0.4) is 0 Å². The number of hydrogen-bond donors (Lipinski definition) is 1. The molecule has 1 aromatic rings. The van der Waals surface area contributed by atoms with Crippen LogP contribution in [0.5, 0.6) is 0 Å². The minimum absolute atomic E-state index is 0. The summed E-state index contributed by atoms with van der Waals surface area (Å²) in [6.07, 6.45) is -0.0828. The van der Waals surface area contributed by atoms with Crippen molar-refractivity contribution in [2.24, 2.45) is 0 Å². The number of rotatable bonds is 2. The lowest BCUT2D eigenvalue weighted by Crippen LogP contribution is -2.01. The van der Waals surface area contributed by atoms with E-state index >= 15 is 0 Å². The van der Waals surface area contributed by atoms with Crippen molar-refractivity contribution in [2.75, 3.05) is 0 Å². The van der Waals surface area contributed by atoms with Gasteiger partial charge in [-0.15, -0.1) is 12.4 Å². The van der Waals surface area contributed by atoms with Crippen LogP contribution in [0, 0.1) is 0 Å². The van der Waals surface area contributed by atoms with Gasteiger partial charge in [-0.05, 0) is 12.1 Å². The predicted octanol–water partition coefficient (Wildman–Crippen LogP) is 1.78. The van der Waals surface area contributed by atoms with Gasteiger partial charge in [-0.25, -0.2) is 4.98 Å². The molecule has 0 unspecified atom stereocenters. The van der Waals surface area contributed by atoms with Crippen LogP contribution >= 0.6 is 24.0 Å². The van der Waals surface area contributed by atoms with Gasteiger partial charge >= 0.3 is 5.97 Å². The molecule has 0 saturated heterocycles. The van der Waals surface area contributed by atoms with Gasteiger partial charge in [0.2, 0.25) is 0 Å². The zero-order valence-corrected chi connectivity index (χ0v) is 7.60. The van der Waals surface area contributed by atoms with E-state index in [0.717, 1.165) is 0 Å². The molecule has 5 heteroatoms. The molecule has 0 aliphatic heterocycles. The summed E-state index contributed by atoms with van der Waals surface area (Å²) >= 11 is 5.52. The van der Waals surface area contributed by atoms with E-state index in [9.17, 15) is 4.79 Å². The van der Waals surface area contributed by atoms with Gasteiger partial charge in [0.1, 0.15) is 5.15 Å². The van der Waals surface area contributed by atoms with E-state index in [1.165, 1.54) is 0 Å². The van der Waals surface area contributed by atoms with E-state index in [1.807, 2.05) is 0 Å². The van der Waals surface area contributed by atoms with Gasteiger partial charge < -0.3 is 5.11 Å². The Morgan fingerprint density at radius 2 is 2.25 bits per heavy atom. The maximum atomic E-state index is 10.2. The topological polar surface area (TPSA) is 50.2 Å². The molecule has 1 heterocycles. The second kappa shape index (κ2) is 4.95. The highest BCUT2D eigenvalue weighted by atomic mass is 35.5. The third-order valence-electron chi connectivity index (χ3n) is 1.11. The number of halogens is 2. The van der Waals surface area contributed by atoms with Crippen molar-refractivity contribution in [1.82, 2.24) is 4.98 Å². The lowest BCUT2D eigenvalue weighted by molar-refractivity contribution is -0.136. The molecule has 0 saturated carbocycles. The molecule has 0 radical (unpaired) electrons. The van der Waals surface area contributed by atoms with Crippen molar-refractivity contribution in [1.29, 1.82) is 0 Å². The molecule has 1 aromatic heterocycles. The molecule has 0 atom stereocenters. The highest BCUT2D eigenvalue weighted by Crippen LogP contribution is 2.05. The molecule has 1 N–H and O–H groups in total. The van der Waals surface area contributed by atoms with E-state index in [0.29, 0.717) is 10.8 Å². The fraction of sp³-hybridized carbons (Fsp3) is 0.143. The van der Waals surface area contributed by atoms with Crippen LogP contribution < -0.4 is 0 Å².